The minimum atomic E-state index is -0.457. The molecule has 1 aliphatic rings. The van der Waals surface area contributed by atoms with Gasteiger partial charge in [-0.15, -0.1) is 0 Å². The summed E-state index contributed by atoms with van der Waals surface area (Å²) in [6, 6.07) is 10.9. The fourth-order valence-corrected chi connectivity index (χ4v) is 3.30. The summed E-state index contributed by atoms with van der Waals surface area (Å²) in [5.74, 6) is 0.247. The van der Waals surface area contributed by atoms with Crippen LogP contribution in [0.3, 0.4) is 0 Å². The molecule has 0 radical (unpaired) electrons. The molecule has 0 atom stereocenters. The molecular weight excluding hydrogens is 480 g/mol. The molecule has 1 aliphatic heterocycles. The Balaban J connectivity index is 1.96. The second kappa shape index (κ2) is 8.10. The van der Waals surface area contributed by atoms with Crippen molar-refractivity contribution in [2.75, 3.05) is 7.11 Å². The molecule has 0 amide bonds. The molecule has 3 rings (SSSR count). The molecule has 1 heterocycles. The molecule has 27 heavy (non-hydrogen) atoms. The summed E-state index contributed by atoms with van der Waals surface area (Å²) in [6.07, 6.45) is 3.37. The predicted octanol–water partition coefficient (Wildman–Crippen LogP) is 5.13. The van der Waals surface area contributed by atoms with E-state index in [4.69, 9.17) is 14.2 Å². The number of rotatable bonds is 4. The van der Waals surface area contributed by atoms with Gasteiger partial charge in [-0.3, -0.25) is 4.79 Å². The van der Waals surface area contributed by atoms with Crippen molar-refractivity contribution in [3.8, 4) is 11.5 Å². The number of halogens is 2. The minimum Gasteiger partial charge on any atom is -0.493 e. The quantitative estimate of drug-likeness (QED) is 0.336. The van der Waals surface area contributed by atoms with Crippen LogP contribution in [0, 0.1) is 0 Å². The van der Waals surface area contributed by atoms with Gasteiger partial charge in [0.1, 0.15) is 5.76 Å². The molecule has 0 N–H and O–H groups in total. The molecule has 0 spiro atoms. The first kappa shape index (κ1) is 19.4. The van der Waals surface area contributed by atoms with Crippen LogP contribution in [-0.4, -0.2) is 19.0 Å². The first-order valence-corrected chi connectivity index (χ1v) is 9.43. The van der Waals surface area contributed by atoms with Crippen molar-refractivity contribution < 1.29 is 23.8 Å². The van der Waals surface area contributed by atoms with Gasteiger partial charge in [-0.05, 0) is 57.9 Å². The SMILES string of the molecule is COc1cc(/C=C2\C=C(c3ccc(Br)cc3)OC2=O)cc(Br)c1OC(C)=O. The van der Waals surface area contributed by atoms with E-state index in [1.165, 1.54) is 14.0 Å². The average molecular weight is 494 g/mol. The third-order valence-electron chi connectivity index (χ3n) is 3.67. The van der Waals surface area contributed by atoms with Crippen LogP contribution in [0.5, 0.6) is 11.5 Å². The van der Waals surface area contributed by atoms with E-state index in [2.05, 4.69) is 31.9 Å². The van der Waals surface area contributed by atoms with Crippen LogP contribution in [0.15, 0.2) is 57.0 Å². The lowest BCUT2D eigenvalue weighted by molar-refractivity contribution is -0.132. The largest absolute Gasteiger partial charge is 0.493 e. The summed E-state index contributed by atoms with van der Waals surface area (Å²) >= 11 is 6.74. The standard InChI is InChI=1S/C20H14Br2O5/c1-11(23)26-19-16(22)8-12(9-18(19)25-2)7-14-10-17(27-20(14)24)13-3-5-15(21)6-4-13/h3-10H,1-2H3/b14-7+. The van der Waals surface area contributed by atoms with Crippen LogP contribution >= 0.6 is 31.9 Å². The highest BCUT2D eigenvalue weighted by atomic mass is 79.9. The number of ether oxygens (including phenoxy) is 3. The van der Waals surface area contributed by atoms with E-state index in [0.29, 0.717) is 27.1 Å². The lowest BCUT2D eigenvalue weighted by atomic mass is 10.1. The smallest absolute Gasteiger partial charge is 0.343 e. The van der Waals surface area contributed by atoms with Gasteiger partial charge in [-0.1, -0.05) is 28.1 Å². The minimum absolute atomic E-state index is 0.284. The van der Waals surface area contributed by atoms with Gasteiger partial charge in [0.05, 0.1) is 17.2 Å². The van der Waals surface area contributed by atoms with Gasteiger partial charge in [-0.25, -0.2) is 4.79 Å². The molecule has 0 aromatic heterocycles. The maximum absolute atomic E-state index is 12.2. The normalized spacial score (nSPS) is 14.7. The Labute approximate surface area is 172 Å². The Morgan fingerprint density at radius 3 is 2.48 bits per heavy atom. The second-order valence-electron chi connectivity index (χ2n) is 5.63. The summed E-state index contributed by atoms with van der Waals surface area (Å²) in [4.78, 5) is 23.5. The number of hydrogen-bond donors (Lipinski definition) is 0. The summed E-state index contributed by atoms with van der Waals surface area (Å²) in [5, 5.41) is 0. The summed E-state index contributed by atoms with van der Waals surface area (Å²) < 4.78 is 17.3. The van der Waals surface area contributed by atoms with E-state index in [1.807, 2.05) is 24.3 Å². The molecule has 0 bridgehead atoms. The Morgan fingerprint density at radius 2 is 1.85 bits per heavy atom. The Morgan fingerprint density at radius 1 is 1.15 bits per heavy atom. The lowest BCUT2D eigenvalue weighted by Crippen LogP contribution is -2.04. The van der Waals surface area contributed by atoms with Crippen molar-refractivity contribution in [3.63, 3.8) is 0 Å². The Bertz CT molecular complexity index is 975. The van der Waals surface area contributed by atoms with E-state index in [1.54, 1.807) is 24.3 Å². The third-order valence-corrected chi connectivity index (χ3v) is 4.79. The zero-order valence-electron chi connectivity index (χ0n) is 14.4. The fourth-order valence-electron chi connectivity index (χ4n) is 2.49. The highest BCUT2D eigenvalue weighted by Gasteiger charge is 2.22. The van der Waals surface area contributed by atoms with Gasteiger partial charge in [0.2, 0.25) is 0 Å². The molecule has 5 nitrogen and oxygen atoms in total. The molecule has 0 aliphatic carbocycles. The number of cyclic esters (lactones) is 1. The van der Waals surface area contributed by atoms with Crippen LogP contribution in [0.4, 0.5) is 0 Å². The van der Waals surface area contributed by atoms with Gasteiger partial charge in [0.15, 0.2) is 11.5 Å². The van der Waals surface area contributed by atoms with Gasteiger partial charge < -0.3 is 14.2 Å². The first-order valence-electron chi connectivity index (χ1n) is 7.85. The maximum atomic E-state index is 12.2. The van der Waals surface area contributed by atoms with Crippen LogP contribution in [0.1, 0.15) is 18.1 Å². The van der Waals surface area contributed by atoms with Crippen LogP contribution in [-0.2, 0) is 14.3 Å². The molecule has 2 aromatic carbocycles. The monoisotopic (exact) mass is 492 g/mol. The highest BCUT2D eigenvalue weighted by Crippen LogP contribution is 2.38. The van der Waals surface area contributed by atoms with E-state index in [-0.39, 0.29) is 5.75 Å². The molecule has 0 saturated heterocycles. The van der Waals surface area contributed by atoms with Gasteiger partial charge in [0.25, 0.3) is 0 Å². The molecule has 7 heteroatoms. The number of carbonyl (C=O) groups excluding carboxylic acids is 2. The van der Waals surface area contributed by atoms with E-state index in [0.717, 1.165) is 10.0 Å². The first-order chi connectivity index (χ1) is 12.9. The van der Waals surface area contributed by atoms with E-state index in [9.17, 15) is 9.59 Å². The second-order valence-corrected chi connectivity index (χ2v) is 7.40. The van der Waals surface area contributed by atoms with E-state index < -0.39 is 11.9 Å². The number of carbonyl (C=O) groups is 2. The molecular formula is C20H14Br2O5. The summed E-state index contributed by atoms with van der Waals surface area (Å²) in [5.41, 5.74) is 1.90. The van der Waals surface area contributed by atoms with Crippen molar-refractivity contribution in [2.24, 2.45) is 0 Å². The van der Waals surface area contributed by atoms with Gasteiger partial charge in [-0.2, -0.15) is 0 Å². The Hall–Kier alpha value is -2.38. The number of esters is 2. The molecule has 0 unspecified atom stereocenters. The fraction of sp³-hybridized carbons (Fsp3) is 0.100. The van der Waals surface area contributed by atoms with Crippen LogP contribution in [0.2, 0.25) is 0 Å². The lowest BCUT2D eigenvalue weighted by Gasteiger charge is -2.11. The number of benzene rings is 2. The zero-order chi connectivity index (χ0) is 19.6. The molecule has 138 valence electrons. The molecule has 2 aromatic rings. The highest BCUT2D eigenvalue weighted by molar-refractivity contribution is 9.10. The van der Waals surface area contributed by atoms with Crippen molar-refractivity contribution in [1.29, 1.82) is 0 Å². The molecule has 0 saturated carbocycles. The summed E-state index contributed by atoms with van der Waals surface area (Å²) in [7, 11) is 1.47. The van der Waals surface area contributed by atoms with Crippen molar-refractivity contribution in [3.05, 3.63) is 68.1 Å². The number of hydrogen-bond acceptors (Lipinski definition) is 5. The van der Waals surface area contributed by atoms with Gasteiger partial charge in [0, 0.05) is 17.0 Å². The van der Waals surface area contributed by atoms with Crippen molar-refractivity contribution in [2.45, 2.75) is 6.92 Å². The predicted molar refractivity (Wildman–Crippen MR) is 108 cm³/mol. The van der Waals surface area contributed by atoms with Crippen LogP contribution in [0.25, 0.3) is 11.8 Å². The number of methoxy groups -OCH3 is 1. The topological polar surface area (TPSA) is 61.8 Å². The third kappa shape index (κ3) is 4.48. The van der Waals surface area contributed by atoms with Gasteiger partial charge >= 0.3 is 11.9 Å². The zero-order valence-corrected chi connectivity index (χ0v) is 17.6. The molecule has 0 fully saturated rings. The average Bonchev–Trinajstić information content (AvgIpc) is 2.98. The maximum Gasteiger partial charge on any atom is 0.343 e. The summed E-state index contributed by atoms with van der Waals surface area (Å²) in [6.45, 7) is 1.31. The Kier molecular flexibility index (Phi) is 5.82. The van der Waals surface area contributed by atoms with E-state index >= 15 is 0 Å². The van der Waals surface area contributed by atoms with Crippen molar-refractivity contribution >= 4 is 55.6 Å². The van der Waals surface area contributed by atoms with Crippen molar-refractivity contribution in [1.82, 2.24) is 0 Å². The van der Waals surface area contributed by atoms with Crippen LogP contribution < -0.4 is 9.47 Å².